The van der Waals surface area contributed by atoms with Crippen LogP contribution in [0.3, 0.4) is 0 Å². The second kappa shape index (κ2) is 13.3. The molecule has 0 spiro atoms. The number of hydrogen-bond acceptors (Lipinski definition) is 6. The van der Waals surface area contributed by atoms with Gasteiger partial charge in [0, 0.05) is 70.3 Å². The van der Waals surface area contributed by atoms with Crippen molar-refractivity contribution < 1.29 is 22.7 Å². The van der Waals surface area contributed by atoms with Crippen molar-refractivity contribution in [2.24, 2.45) is 0 Å². The molecule has 6 rings (SSSR count). The minimum atomic E-state index is -3.95. The van der Waals surface area contributed by atoms with Gasteiger partial charge in [0.1, 0.15) is 18.0 Å². The molecule has 0 unspecified atom stereocenters. The van der Waals surface area contributed by atoms with Crippen LogP contribution in [-0.2, 0) is 13.8 Å². The molecule has 3 aromatic carbocycles. The molecule has 3 heterocycles. The zero-order valence-electron chi connectivity index (χ0n) is 29.5. The highest BCUT2D eigenvalue weighted by molar-refractivity contribution is 8.14. The van der Waals surface area contributed by atoms with Crippen LogP contribution in [-0.4, -0.2) is 50.9 Å². The summed E-state index contributed by atoms with van der Waals surface area (Å²) in [5.74, 6) is -0.162. The van der Waals surface area contributed by atoms with Gasteiger partial charge in [-0.05, 0) is 70.9 Å². The van der Waals surface area contributed by atoms with Crippen LogP contribution in [0.1, 0.15) is 88.0 Å². The summed E-state index contributed by atoms with van der Waals surface area (Å²) in [4.78, 5) is 16.1. The van der Waals surface area contributed by atoms with Crippen molar-refractivity contribution >= 4 is 94.5 Å². The molecule has 0 aromatic heterocycles. The monoisotopic (exact) mass is 809 g/mol. The predicted molar refractivity (Wildman–Crippen MR) is 210 cm³/mol. The first-order valence-electron chi connectivity index (χ1n) is 16.6. The van der Waals surface area contributed by atoms with Crippen molar-refractivity contribution in [1.82, 2.24) is 4.58 Å². The molecule has 3 aliphatic rings. The van der Waals surface area contributed by atoms with E-state index in [0.717, 1.165) is 28.7 Å². The number of nitrogens with zero attached hydrogens (tertiary/aromatic N) is 2. The Balaban J connectivity index is 1.86. The van der Waals surface area contributed by atoms with Gasteiger partial charge >= 0.3 is 5.97 Å². The van der Waals surface area contributed by atoms with Crippen molar-refractivity contribution in [3.63, 3.8) is 0 Å². The summed E-state index contributed by atoms with van der Waals surface area (Å²) in [5, 5.41) is 1.06. The van der Waals surface area contributed by atoms with Gasteiger partial charge < -0.3 is 14.4 Å². The fourth-order valence-corrected chi connectivity index (χ4v) is 9.85. The summed E-state index contributed by atoms with van der Waals surface area (Å²) in [6.07, 6.45) is 4.14. The Kier molecular flexibility index (Phi) is 9.91. The highest BCUT2D eigenvalue weighted by Gasteiger charge is 2.39. The zero-order chi connectivity index (χ0) is 37.5. The summed E-state index contributed by atoms with van der Waals surface area (Å²) in [5.41, 5.74) is 4.61. The summed E-state index contributed by atoms with van der Waals surface area (Å²) < 4.78 is 39.6. The Morgan fingerprint density at radius 3 is 2.16 bits per heavy atom. The molecule has 7 nitrogen and oxygen atoms in total. The highest BCUT2D eigenvalue weighted by Crippen LogP contribution is 2.50. The molecule has 0 saturated carbocycles. The molecule has 0 bridgehead atoms. The van der Waals surface area contributed by atoms with E-state index in [1.54, 1.807) is 6.92 Å². The molecule has 3 aromatic rings. The summed E-state index contributed by atoms with van der Waals surface area (Å²) in [7, 11) is 1.93. The topological polar surface area (TPSA) is 75.9 Å². The molecule has 0 radical (unpaired) electrons. The van der Waals surface area contributed by atoms with Gasteiger partial charge in [0.2, 0.25) is 14.4 Å². The van der Waals surface area contributed by atoms with Gasteiger partial charge in [-0.3, -0.25) is 0 Å². The number of anilines is 1. The molecule has 0 N–H and O–H groups in total. The molecule has 51 heavy (non-hydrogen) atoms. The predicted octanol–water partition coefficient (Wildman–Crippen LogP) is 9.11. The van der Waals surface area contributed by atoms with Crippen LogP contribution >= 0.6 is 57.1 Å². The van der Waals surface area contributed by atoms with Crippen molar-refractivity contribution in [2.75, 3.05) is 30.3 Å². The van der Waals surface area contributed by atoms with Crippen LogP contribution in [0.25, 0.3) is 16.7 Å². The molecule has 0 saturated heterocycles. The number of rotatable bonds is 7. The second-order valence-corrected chi connectivity index (χ2v) is 18.2. The molecule has 0 aliphatic carbocycles. The Morgan fingerprint density at radius 2 is 1.55 bits per heavy atom. The van der Waals surface area contributed by atoms with Gasteiger partial charge in [0.05, 0.1) is 55.2 Å². The second-order valence-electron chi connectivity index (χ2n) is 13.9. The lowest BCUT2D eigenvalue weighted by Crippen LogP contribution is -2.50. The Bertz CT molecular complexity index is 2360. The van der Waals surface area contributed by atoms with Crippen molar-refractivity contribution in [1.29, 1.82) is 0 Å². The van der Waals surface area contributed by atoms with E-state index in [9.17, 15) is 13.2 Å². The fourth-order valence-electron chi connectivity index (χ4n) is 7.86. The standard InChI is InChI=1S/C38H38Cl5N2O5S/c1-9-44-25-14-27-23(12-21(25)19(4)16-37(44,5)6)29(30-31(36(46)49-11-3)33(40)35(42)34(41)32(30)39)24-13-22-20(18-51(43,47)48)17-38(7,8)45(10-2)26(22)15-28(24)50-27/h12-17H,9-11,18H2,1-8H3/q+1. The van der Waals surface area contributed by atoms with Crippen LogP contribution in [0, 0.1) is 0 Å². The third kappa shape index (κ3) is 6.38. The highest BCUT2D eigenvalue weighted by atomic mass is 35.7. The maximum Gasteiger partial charge on any atom is 0.340 e. The van der Waals surface area contributed by atoms with E-state index in [1.807, 2.05) is 51.1 Å². The van der Waals surface area contributed by atoms with E-state index in [2.05, 4.69) is 43.2 Å². The van der Waals surface area contributed by atoms with Gasteiger partial charge in [-0.25, -0.2) is 17.8 Å². The Hall–Kier alpha value is -2.72. The van der Waals surface area contributed by atoms with E-state index < -0.39 is 26.3 Å². The number of allylic oxidation sites excluding steroid dienone is 1. The molecular formula is C38H38Cl5N2O5S+. The number of carbonyl (C=O) groups excluding carboxylic acids is 1. The van der Waals surface area contributed by atoms with Crippen molar-refractivity contribution in [2.45, 2.75) is 66.5 Å². The number of ether oxygens (including phenoxy) is 2. The lowest BCUT2D eigenvalue weighted by atomic mass is 9.83. The van der Waals surface area contributed by atoms with Crippen LogP contribution in [0.2, 0.25) is 20.1 Å². The van der Waals surface area contributed by atoms with E-state index >= 15 is 0 Å². The first-order chi connectivity index (χ1) is 23.8. The van der Waals surface area contributed by atoms with Crippen LogP contribution < -0.4 is 24.8 Å². The van der Waals surface area contributed by atoms with E-state index in [4.69, 9.17) is 66.6 Å². The van der Waals surface area contributed by atoms with E-state index in [-0.39, 0.29) is 43.4 Å². The quantitative estimate of drug-likeness (QED) is 0.0610. The van der Waals surface area contributed by atoms with Gasteiger partial charge in [0.25, 0.3) is 0 Å². The number of esters is 1. The average molecular weight is 812 g/mol. The minimum absolute atomic E-state index is 0.00244. The zero-order valence-corrected chi connectivity index (χ0v) is 34.1. The number of halogens is 5. The Morgan fingerprint density at radius 1 is 0.882 bits per heavy atom. The minimum Gasteiger partial charge on any atom is -0.462 e. The number of fused-ring (bicyclic) bond motifs is 4. The first-order valence-corrected chi connectivity index (χ1v) is 20.6. The van der Waals surface area contributed by atoms with Gasteiger partial charge in [-0.2, -0.15) is 0 Å². The summed E-state index contributed by atoms with van der Waals surface area (Å²) >= 11 is 27.2. The maximum atomic E-state index is 13.8. The Labute approximate surface area is 323 Å². The smallest absolute Gasteiger partial charge is 0.340 e. The van der Waals surface area contributed by atoms with Gasteiger partial charge in [-0.15, -0.1) is 0 Å². The number of hydrogen-bond donors (Lipinski definition) is 0. The molecule has 0 fully saturated rings. The SMILES string of the molecule is CCOC(=O)c1c(Cl)c(Cl)c(Cl)c(Cl)c1C1=c2cc3c(cc2Oc2cc4c(cc21)C(C)=CC(C)(C)N4CC)=[N+](CC)C(C)(C)C=C3CS(=O)(=O)Cl. The molecular weight excluding hydrogens is 774 g/mol. The number of benzene rings is 3. The maximum absolute atomic E-state index is 13.8. The molecule has 270 valence electrons. The summed E-state index contributed by atoms with van der Waals surface area (Å²) in [6, 6.07) is 7.80. The molecule has 13 heteroatoms. The van der Waals surface area contributed by atoms with E-state index in [1.165, 1.54) is 0 Å². The third-order valence-electron chi connectivity index (χ3n) is 9.75. The van der Waals surface area contributed by atoms with Crippen molar-refractivity contribution in [3.8, 4) is 11.5 Å². The number of likely N-dealkylation sites (N-methyl/N-ethyl adjacent to an activating group) is 2. The molecule has 0 atom stereocenters. The molecule has 3 aliphatic heterocycles. The van der Waals surface area contributed by atoms with Crippen molar-refractivity contribution in [3.05, 3.63) is 94.9 Å². The lowest BCUT2D eigenvalue weighted by molar-refractivity contribution is 0.0526. The largest absolute Gasteiger partial charge is 0.462 e. The normalized spacial score (nSPS) is 17.1. The number of carbonyl (C=O) groups is 1. The lowest BCUT2D eigenvalue weighted by Gasteiger charge is -2.43. The van der Waals surface area contributed by atoms with Crippen LogP contribution in [0.15, 0.2) is 36.4 Å². The van der Waals surface area contributed by atoms with E-state index in [0.29, 0.717) is 45.5 Å². The van der Waals surface area contributed by atoms with Gasteiger partial charge in [-0.1, -0.05) is 52.5 Å². The van der Waals surface area contributed by atoms with Gasteiger partial charge in [0.15, 0.2) is 5.54 Å². The summed E-state index contributed by atoms with van der Waals surface area (Å²) in [6.45, 7) is 17.7. The molecule has 0 amide bonds. The average Bonchev–Trinajstić information content (AvgIpc) is 3.02. The third-order valence-corrected chi connectivity index (χ3v) is 12.5. The fraction of sp³-hybridized carbons (Fsp3) is 0.368. The first kappa shape index (κ1) is 38.0. The van der Waals surface area contributed by atoms with Crippen LogP contribution in [0.5, 0.6) is 11.5 Å². The van der Waals surface area contributed by atoms with Crippen LogP contribution in [0.4, 0.5) is 5.69 Å².